The number of hydrogen-bond acceptors (Lipinski definition) is 9. The van der Waals surface area contributed by atoms with Gasteiger partial charge >= 0.3 is 12.1 Å². The maximum absolute atomic E-state index is 13.7. The number of hydrogen-bond donors (Lipinski definition) is 2. The van der Waals surface area contributed by atoms with E-state index in [1.165, 1.54) is 4.90 Å². The molecule has 0 radical (unpaired) electrons. The Labute approximate surface area is 291 Å². The molecule has 2 atom stereocenters. The minimum Gasteiger partial charge on any atom is -0.461 e. The molecule has 2 aliphatic rings. The lowest BCUT2D eigenvalue weighted by Crippen LogP contribution is -2.62. The van der Waals surface area contributed by atoms with Crippen molar-refractivity contribution in [3.63, 3.8) is 0 Å². The number of ketones is 1. The van der Waals surface area contributed by atoms with Crippen molar-refractivity contribution in [2.24, 2.45) is 0 Å². The second kappa shape index (κ2) is 15.7. The van der Waals surface area contributed by atoms with Crippen LogP contribution in [0.4, 0.5) is 10.6 Å². The minimum atomic E-state index is -1.35. The smallest absolute Gasteiger partial charge is 0.411 e. The normalized spacial score (nSPS) is 18.6. The molecule has 12 heteroatoms. The third-order valence-electron chi connectivity index (χ3n) is 8.60. The first kappa shape index (κ1) is 35.6. The van der Waals surface area contributed by atoms with Crippen LogP contribution >= 0.6 is 23.2 Å². The van der Waals surface area contributed by atoms with Crippen LogP contribution in [0.25, 0.3) is 11.3 Å². The van der Waals surface area contributed by atoms with Gasteiger partial charge in [0.2, 0.25) is 0 Å². The molecule has 48 heavy (non-hydrogen) atoms. The maximum atomic E-state index is 13.7. The van der Waals surface area contributed by atoms with Crippen molar-refractivity contribution in [3.05, 3.63) is 75.5 Å². The molecule has 1 aliphatic heterocycles. The van der Waals surface area contributed by atoms with E-state index in [1.807, 2.05) is 30.3 Å². The summed E-state index contributed by atoms with van der Waals surface area (Å²) < 4.78 is 11.2. The van der Waals surface area contributed by atoms with E-state index in [-0.39, 0.29) is 18.4 Å². The Hall–Kier alpha value is -3.73. The zero-order valence-electron chi connectivity index (χ0n) is 27.6. The van der Waals surface area contributed by atoms with Gasteiger partial charge in [0, 0.05) is 22.2 Å². The highest BCUT2D eigenvalue weighted by molar-refractivity contribution is 6.36. The molecule has 1 saturated heterocycles. The van der Waals surface area contributed by atoms with E-state index in [2.05, 4.69) is 10.3 Å². The topological polar surface area (TPSA) is 137 Å². The van der Waals surface area contributed by atoms with Crippen molar-refractivity contribution < 1.29 is 23.9 Å². The van der Waals surface area contributed by atoms with Crippen LogP contribution in [0.2, 0.25) is 10.0 Å². The number of esters is 1. The number of carbonyl (C=O) groups is 3. The van der Waals surface area contributed by atoms with Gasteiger partial charge in [-0.1, -0.05) is 47.5 Å². The summed E-state index contributed by atoms with van der Waals surface area (Å²) in [5.74, 6) is -0.711. The van der Waals surface area contributed by atoms with Crippen LogP contribution in [0.1, 0.15) is 69.7 Å². The summed E-state index contributed by atoms with van der Waals surface area (Å²) >= 11 is 12.7. The first-order chi connectivity index (χ1) is 22.9. The number of aryl methyl sites for hydroxylation is 1. The fraction of sp³-hybridized carbons (Fsp3) is 0.472. The summed E-state index contributed by atoms with van der Waals surface area (Å²) in [4.78, 5) is 50.4. The third kappa shape index (κ3) is 9.03. The van der Waals surface area contributed by atoms with Gasteiger partial charge in [0.1, 0.15) is 17.5 Å². The second-order valence-corrected chi connectivity index (χ2v) is 14.2. The Balaban J connectivity index is 1.22. The number of ether oxygens (including phenoxy) is 2. The molecule has 1 saturated carbocycles. The average molecular weight is 697 g/mol. The molecule has 10 nitrogen and oxygen atoms in total. The summed E-state index contributed by atoms with van der Waals surface area (Å²) in [6, 6.07) is 11.4. The molecular formula is C36H43Cl2N5O5. The van der Waals surface area contributed by atoms with E-state index in [0.29, 0.717) is 59.5 Å². The number of nitrogens with two attached hydrogens (primary N) is 1. The van der Waals surface area contributed by atoms with E-state index >= 15 is 0 Å². The van der Waals surface area contributed by atoms with Gasteiger partial charge in [0.25, 0.3) is 0 Å². The monoisotopic (exact) mass is 695 g/mol. The Morgan fingerprint density at radius 3 is 2.44 bits per heavy atom. The van der Waals surface area contributed by atoms with Crippen LogP contribution < -0.4 is 11.1 Å². The molecule has 2 fully saturated rings. The molecule has 5 rings (SSSR count). The second-order valence-electron chi connectivity index (χ2n) is 13.4. The standard InChI is InChI=1S/C36H43Cl2N5O5/c1-36(2,3)48-35(46)43-19-17-28(32(44)31(43)34(45)47-24-10-4-5-11-24)40-18-16-22-8-6-9-23(20-22)30-21-41-33(39)29(42-30)15-14-25-26(37)12-7-13-27(25)38/h6-9,12-13,20-21,24,28,31,40H,4-5,10-11,14-19H2,1-3H3,(H2,39,41)/t28?,31-/m1/s1. The molecule has 2 aromatic carbocycles. The van der Waals surface area contributed by atoms with Gasteiger partial charge in [-0.2, -0.15) is 0 Å². The van der Waals surface area contributed by atoms with Gasteiger partial charge in [-0.05, 0) is 108 Å². The van der Waals surface area contributed by atoms with Gasteiger partial charge in [-0.15, -0.1) is 0 Å². The largest absolute Gasteiger partial charge is 0.461 e. The summed E-state index contributed by atoms with van der Waals surface area (Å²) in [6.45, 7) is 5.92. The first-order valence-corrected chi connectivity index (χ1v) is 17.3. The average Bonchev–Trinajstić information content (AvgIpc) is 3.54. The van der Waals surface area contributed by atoms with Gasteiger partial charge in [0.15, 0.2) is 11.8 Å². The predicted molar refractivity (Wildman–Crippen MR) is 186 cm³/mol. The van der Waals surface area contributed by atoms with Crippen LogP contribution in [-0.4, -0.2) is 69.6 Å². The lowest BCUT2D eigenvalue weighted by Gasteiger charge is -2.38. The van der Waals surface area contributed by atoms with E-state index in [9.17, 15) is 14.4 Å². The lowest BCUT2D eigenvalue weighted by atomic mass is 9.95. The predicted octanol–water partition coefficient (Wildman–Crippen LogP) is 6.38. The number of likely N-dealkylation sites (tertiary alicyclic amines) is 1. The quantitative estimate of drug-likeness (QED) is 0.183. The molecule has 0 bridgehead atoms. The van der Waals surface area contributed by atoms with Crippen molar-refractivity contribution in [1.29, 1.82) is 0 Å². The van der Waals surface area contributed by atoms with E-state index < -0.39 is 29.7 Å². The van der Waals surface area contributed by atoms with Gasteiger partial charge in [-0.3, -0.25) is 9.69 Å². The molecule has 1 amide bonds. The van der Waals surface area contributed by atoms with Crippen molar-refractivity contribution in [3.8, 4) is 11.3 Å². The third-order valence-corrected chi connectivity index (χ3v) is 9.31. The van der Waals surface area contributed by atoms with Crippen molar-refractivity contribution in [1.82, 2.24) is 20.2 Å². The lowest BCUT2D eigenvalue weighted by molar-refractivity contribution is -0.160. The highest BCUT2D eigenvalue weighted by atomic mass is 35.5. The van der Waals surface area contributed by atoms with Gasteiger partial charge in [-0.25, -0.2) is 19.6 Å². The molecular weight excluding hydrogens is 653 g/mol. The molecule has 1 unspecified atom stereocenters. The number of benzene rings is 2. The molecule has 0 spiro atoms. The number of nitrogens with zero attached hydrogens (tertiary/aromatic N) is 3. The van der Waals surface area contributed by atoms with Crippen LogP contribution in [0.5, 0.6) is 0 Å². The van der Waals surface area contributed by atoms with E-state index in [0.717, 1.165) is 42.4 Å². The number of carbonyl (C=O) groups excluding carboxylic acids is 3. The number of anilines is 1. The summed E-state index contributed by atoms with van der Waals surface area (Å²) in [7, 11) is 0. The van der Waals surface area contributed by atoms with Gasteiger partial charge < -0.3 is 20.5 Å². The molecule has 1 aromatic heterocycles. The Kier molecular flexibility index (Phi) is 11.6. The number of amides is 1. The summed E-state index contributed by atoms with van der Waals surface area (Å²) in [5.41, 5.74) is 9.50. The highest BCUT2D eigenvalue weighted by Gasteiger charge is 2.46. The molecule has 3 N–H and O–H groups in total. The van der Waals surface area contributed by atoms with Crippen molar-refractivity contribution in [2.75, 3.05) is 18.8 Å². The molecule has 256 valence electrons. The fourth-order valence-electron chi connectivity index (χ4n) is 6.13. The molecule has 3 aromatic rings. The Morgan fingerprint density at radius 2 is 1.73 bits per heavy atom. The molecule has 1 aliphatic carbocycles. The fourth-order valence-corrected chi connectivity index (χ4v) is 6.72. The van der Waals surface area contributed by atoms with Gasteiger partial charge in [0.05, 0.1) is 23.6 Å². The van der Waals surface area contributed by atoms with Crippen LogP contribution in [0.3, 0.4) is 0 Å². The number of halogens is 2. The Morgan fingerprint density at radius 1 is 1.02 bits per heavy atom. The zero-order valence-corrected chi connectivity index (χ0v) is 29.1. The zero-order chi connectivity index (χ0) is 34.4. The van der Waals surface area contributed by atoms with Crippen LogP contribution in [0, 0.1) is 0 Å². The van der Waals surface area contributed by atoms with Crippen LogP contribution in [-0.2, 0) is 38.3 Å². The number of aromatic nitrogens is 2. The molecule has 2 heterocycles. The maximum Gasteiger partial charge on any atom is 0.411 e. The first-order valence-electron chi connectivity index (χ1n) is 16.5. The van der Waals surface area contributed by atoms with E-state index in [1.54, 1.807) is 39.1 Å². The number of nitrogen functional groups attached to an aromatic ring is 1. The SMILES string of the molecule is CC(C)(C)OC(=O)N1CCC(NCCc2cccc(-c3cnc(N)c(CCc4c(Cl)cccc4Cl)n3)c2)C(=O)[C@@H]1C(=O)OC1CCCC1. The van der Waals surface area contributed by atoms with Crippen LogP contribution in [0.15, 0.2) is 48.7 Å². The number of piperidine rings is 1. The summed E-state index contributed by atoms with van der Waals surface area (Å²) in [5, 5.41) is 4.52. The minimum absolute atomic E-state index is 0.194. The Bertz CT molecular complexity index is 1620. The number of rotatable bonds is 10. The van der Waals surface area contributed by atoms with Crippen molar-refractivity contribution in [2.45, 2.75) is 95.9 Å². The van der Waals surface area contributed by atoms with E-state index in [4.69, 9.17) is 43.4 Å². The number of nitrogens with one attached hydrogen (secondary N) is 1. The summed E-state index contributed by atoms with van der Waals surface area (Å²) in [6.07, 6.45) is 6.28. The number of Topliss-reactive ketones (excluding diaryl/α,β-unsaturated/α-hetero) is 1. The highest BCUT2D eigenvalue weighted by Crippen LogP contribution is 2.28. The van der Waals surface area contributed by atoms with Crippen molar-refractivity contribution >= 4 is 46.9 Å².